The summed E-state index contributed by atoms with van der Waals surface area (Å²) in [5, 5.41) is 3.88. The van der Waals surface area contributed by atoms with Gasteiger partial charge < -0.3 is 15.8 Å². The lowest BCUT2D eigenvalue weighted by Crippen LogP contribution is -2.32. The second kappa shape index (κ2) is 6.00. The van der Waals surface area contributed by atoms with Crippen molar-refractivity contribution in [3.05, 3.63) is 28.2 Å². The zero-order chi connectivity index (χ0) is 11.3. The molecule has 0 fully saturated rings. The Labute approximate surface area is 103 Å². The molecular formula is C9H10Cl2N2OS. The van der Waals surface area contributed by atoms with Gasteiger partial charge in [-0.25, -0.2) is 0 Å². The van der Waals surface area contributed by atoms with Gasteiger partial charge in [0.1, 0.15) is 17.4 Å². The van der Waals surface area contributed by atoms with Gasteiger partial charge in [-0.05, 0) is 24.4 Å². The van der Waals surface area contributed by atoms with Crippen LogP contribution in [0.2, 0.25) is 10.0 Å². The summed E-state index contributed by atoms with van der Waals surface area (Å²) < 4.78 is 5.37. The lowest BCUT2D eigenvalue weighted by molar-refractivity contribution is 0.323. The summed E-state index contributed by atoms with van der Waals surface area (Å²) in [6, 6.07) is 5.21. The quantitative estimate of drug-likeness (QED) is 0.647. The molecule has 0 saturated heterocycles. The van der Waals surface area contributed by atoms with Crippen molar-refractivity contribution in [1.29, 1.82) is 0 Å². The van der Waals surface area contributed by atoms with Crippen LogP contribution in [-0.2, 0) is 0 Å². The van der Waals surface area contributed by atoms with E-state index in [4.69, 9.17) is 33.7 Å². The summed E-state index contributed by atoms with van der Waals surface area (Å²) in [4.78, 5) is 0. The maximum Gasteiger partial charge on any atom is 0.163 e. The topological polar surface area (TPSA) is 47.3 Å². The number of ether oxygens (including phenoxy) is 1. The Hall–Kier alpha value is -0.710. The van der Waals surface area contributed by atoms with Gasteiger partial charge >= 0.3 is 0 Å². The summed E-state index contributed by atoms with van der Waals surface area (Å²) in [5.74, 6) is 0.550. The zero-order valence-electron chi connectivity index (χ0n) is 7.80. The molecule has 1 aromatic rings. The van der Waals surface area contributed by atoms with Gasteiger partial charge in [-0.3, -0.25) is 0 Å². The molecule has 0 atom stereocenters. The fourth-order valence-corrected chi connectivity index (χ4v) is 1.38. The molecule has 0 heterocycles. The van der Waals surface area contributed by atoms with Crippen molar-refractivity contribution >= 4 is 40.5 Å². The van der Waals surface area contributed by atoms with Crippen molar-refractivity contribution in [3.63, 3.8) is 0 Å². The van der Waals surface area contributed by atoms with Gasteiger partial charge in [0.15, 0.2) is 5.11 Å². The Balaban J connectivity index is 2.44. The number of hydrogen-bond acceptors (Lipinski definition) is 2. The third kappa shape index (κ3) is 4.11. The molecule has 0 aliphatic heterocycles. The molecule has 0 bridgehead atoms. The number of halogens is 2. The predicted molar refractivity (Wildman–Crippen MR) is 66.7 cm³/mol. The van der Waals surface area contributed by atoms with E-state index in [1.807, 2.05) is 0 Å². The van der Waals surface area contributed by atoms with Gasteiger partial charge in [0.05, 0.1) is 11.6 Å². The third-order valence-electron chi connectivity index (χ3n) is 1.58. The van der Waals surface area contributed by atoms with E-state index in [1.165, 1.54) is 0 Å². The molecule has 6 heteroatoms. The van der Waals surface area contributed by atoms with Crippen LogP contribution < -0.4 is 15.8 Å². The summed E-state index contributed by atoms with van der Waals surface area (Å²) in [6.45, 7) is 0.940. The average molecular weight is 265 g/mol. The number of nitrogens with two attached hydrogens (primary N) is 1. The smallest absolute Gasteiger partial charge is 0.163 e. The predicted octanol–water partition coefficient (Wildman–Crippen LogP) is 2.21. The lowest BCUT2D eigenvalue weighted by atomic mass is 10.3. The first kappa shape index (κ1) is 12.4. The lowest BCUT2D eigenvalue weighted by Gasteiger charge is -2.09. The Morgan fingerprint density at radius 3 is 2.87 bits per heavy atom. The van der Waals surface area contributed by atoms with Crippen LogP contribution in [0, 0.1) is 0 Å². The molecule has 0 spiro atoms. The Morgan fingerprint density at radius 2 is 2.20 bits per heavy atom. The first-order valence-electron chi connectivity index (χ1n) is 4.21. The summed E-state index contributed by atoms with van der Waals surface area (Å²) in [5.41, 5.74) is 5.24. The Bertz CT molecular complexity index is 360. The molecular weight excluding hydrogens is 255 g/mol. The van der Waals surface area contributed by atoms with Gasteiger partial charge in [-0.2, -0.15) is 0 Å². The minimum absolute atomic E-state index is 0.246. The number of rotatable bonds is 4. The fourth-order valence-electron chi connectivity index (χ4n) is 0.931. The largest absolute Gasteiger partial charge is 0.490 e. The van der Waals surface area contributed by atoms with Crippen molar-refractivity contribution in [2.75, 3.05) is 13.2 Å². The van der Waals surface area contributed by atoms with Crippen molar-refractivity contribution in [2.45, 2.75) is 0 Å². The van der Waals surface area contributed by atoms with E-state index in [1.54, 1.807) is 18.2 Å². The van der Waals surface area contributed by atoms with Gasteiger partial charge in [0.2, 0.25) is 0 Å². The molecule has 82 valence electrons. The minimum atomic E-state index is 0.246. The molecule has 15 heavy (non-hydrogen) atoms. The second-order valence-corrected chi connectivity index (χ2v) is 3.92. The Kier molecular flexibility index (Phi) is 4.94. The highest BCUT2D eigenvalue weighted by atomic mass is 35.5. The second-order valence-electron chi connectivity index (χ2n) is 2.69. The number of nitrogens with one attached hydrogen (secondary N) is 1. The van der Waals surface area contributed by atoms with Crippen molar-refractivity contribution in [2.24, 2.45) is 5.73 Å². The third-order valence-corrected chi connectivity index (χ3v) is 2.52. The normalized spacial score (nSPS) is 9.73. The van der Waals surface area contributed by atoms with E-state index < -0.39 is 0 Å². The maximum atomic E-state index is 5.91. The van der Waals surface area contributed by atoms with Crippen molar-refractivity contribution in [1.82, 2.24) is 5.32 Å². The van der Waals surface area contributed by atoms with Gasteiger partial charge in [0.25, 0.3) is 0 Å². The van der Waals surface area contributed by atoms with E-state index in [9.17, 15) is 0 Å². The molecule has 1 aromatic carbocycles. The zero-order valence-corrected chi connectivity index (χ0v) is 10.1. The average Bonchev–Trinajstić information content (AvgIpc) is 2.18. The highest BCUT2D eigenvalue weighted by Crippen LogP contribution is 2.31. The van der Waals surface area contributed by atoms with Crippen LogP contribution in [0.25, 0.3) is 0 Å². The van der Waals surface area contributed by atoms with Crippen LogP contribution in [0.5, 0.6) is 5.75 Å². The molecule has 0 unspecified atom stereocenters. The first-order valence-corrected chi connectivity index (χ1v) is 5.38. The number of benzene rings is 1. The summed E-state index contributed by atoms with van der Waals surface area (Å²) >= 11 is 16.4. The van der Waals surface area contributed by atoms with Crippen LogP contribution in [0.3, 0.4) is 0 Å². The van der Waals surface area contributed by atoms with E-state index in [0.717, 1.165) is 0 Å². The van der Waals surface area contributed by atoms with Crippen LogP contribution in [0.1, 0.15) is 0 Å². The number of thiocarbonyl (C=S) groups is 1. The molecule has 1 rings (SSSR count). The fraction of sp³-hybridized carbons (Fsp3) is 0.222. The summed E-state index contributed by atoms with van der Waals surface area (Å²) in [6.07, 6.45) is 0. The van der Waals surface area contributed by atoms with Gasteiger partial charge in [-0.15, -0.1) is 0 Å². The van der Waals surface area contributed by atoms with Gasteiger partial charge in [0, 0.05) is 0 Å². The van der Waals surface area contributed by atoms with E-state index in [-0.39, 0.29) is 5.11 Å². The molecule has 0 amide bonds. The van der Waals surface area contributed by atoms with Crippen LogP contribution in [-0.4, -0.2) is 18.3 Å². The molecule has 0 aliphatic rings. The standard InChI is InChI=1S/C9H10Cl2N2OS/c10-6-2-1-3-7(8(6)11)14-5-4-13-9(12)15/h1-3H,4-5H2,(H3,12,13,15). The molecule has 3 N–H and O–H groups in total. The molecule has 0 saturated carbocycles. The molecule has 0 aliphatic carbocycles. The Morgan fingerprint density at radius 1 is 1.47 bits per heavy atom. The van der Waals surface area contributed by atoms with Crippen LogP contribution in [0.15, 0.2) is 18.2 Å². The van der Waals surface area contributed by atoms with Crippen LogP contribution in [0.4, 0.5) is 0 Å². The van der Waals surface area contributed by atoms with E-state index in [0.29, 0.717) is 28.9 Å². The van der Waals surface area contributed by atoms with E-state index >= 15 is 0 Å². The highest BCUT2D eigenvalue weighted by Gasteiger charge is 2.04. The van der Waals surface area contributed by atoms with E-state index in [2.05, 4.69) is 17.5 Å². The number of hydrogen-bond donors (Lipinski definition) is 2. The molecule has 0 aromatic heterocycles. The van der Waals surface area contributed by atoms with Gasteiger partial charge in [-0.1, -0.05) is 29.3 Å². The molecule has 0 radical (unpaired) electrons. The SMILES string of the molecule is NC(=S)NCCOc1cccc(Cl)c1Cl. The molecule has 3 nitrogen and oxygen atoms in total. The van der Waals surface area contributed by atoms with Crippen molar-refractivity contribution in [3.8, 4) is 5.75 Å². The van der Waals surface area contributed by atoms with Crippen molar-refractivity contribution < 1.29 is 4.74 Å². The maximum absolute atomic E-state index is 5.91. The monoisotopic (exact) mass is 264 g/mol. The van der Waals surface area contributed by atoms with Crippen LogP contribution >= 0.6 is 35.4 Å². The highest BCUT2D eigenvalue weighted by molar-refractivity contribution is 7.80. The minimum Gasteiger partial charge on any atom is -0.490 e. The summed E-state index contributed by atoms with van der Waals surface area (Å²) in [7, 11) is 0. The first-order chi connectivity index (χ1) is 7.11.